The highest BCUT2D eigenvalue weighted by Crippen LogP contribution is 2.29. The van der Waals surface area contributed by atoms with Gasteiger partial charge in [-0.15, -0.1) is 35.3 Å². The Morgan fingerprint density at radius 3 is 2.43 bits per heavy atom. The van der Waals surface area contributed by atoms with Crippen LogP contribution in [0.15, 0.2) is 34.6 Å². The van der Waals surface area contributed by atoms with Gasteiger partial charge in [0.05, 0.1) is 12.6 Å². The van der Waals surface area contributed by atoms with Gasteiger partial charge in [0.1, 0.15) is 10.8 Å². The van der Waals surface area contributed by atoms with Crippen molar-refractivity contribution in [1.82, 2.24) is 15.6 Å². The fourth-order valence-corrected chi connectivity index (χ4v) is 2.97. The number of guanidine groups is 1. The molecule has 0 unspecified atom stereocenters. The van der Waals surface area contributed by atoms with Gasteiger partial charge >= 0.3 is 6.18 Å². The van der Waals surface area contributed by atoms with E-state index in [0.29, 0.717) is 17.5 Å². The number of nitrogens with one attached hydrogen (secondary N) is 2. The van der Waals surface area contributed by atoms with Crippen molar-refractivity contribution in [3.8, 4) is 5.75 Å². The molecule has 0 aliphatic carbocycles. The molecule has 0 bridgehead atoms. The Kier molecular flexibility index (Phi) is 10.0. The van der Waals surface area contributed by atoms with E-state index in [4.69, 9.17) is 4.74 Å². The Morgan fingerprint density at radius 1 is 1.21 bits per heavy atom. The summed E-state index contributed by atoms with van der Waals surface area (Å²) >= 11 is 0.967. The summed E-state index contributed by atoms with van der Waals surface area (Å²) in [4.78, 5) is 7.65. The van der Waals surface area contributed by atoms with Crippen LogP contribution in [0.4, 0.5) is 13.2 Å². The fourth-order valence-electron chi connectivity index (χ4n) is 2.23. The second kappa shape index (κ2) is 11.4. The lowest BCUT2D eigenvalue weighted by molar-refractivity contribution is -0.140. The topological polar surface area (TPSA) is 58.5 Å². The average molecular weight is 528 g/mol. The Morgan fingerprint density at radius 2 is 1.89 bits per heavy atom. The minimum absolute atomic E-state index is 0. The molecule has 0 amide bonds. The largest absolute Gasteiger partial charge is 0.491 e. The first-order chi connectivity index (χ1) is 12.8. The molecule has 0 saturated heterocycles. The molecule has 1 heterocycles. The first-order valence-corrected chi connectivity index (χ1v) is 9.37. The van der Waals surface area contributed by atoms with Gasteiger partial charge in [-0.05, 0) is 38.0 Å². The summed E-state index contributed by atoms with van der Waals surface area (Å²) in [5.41, 5.74) is 0.279. The third-order valence-electron chi connectivity index (χ3n) is 3.47. The maximum Gasteiger partial charge on any atom is 0.434 e. The fraction of sp³-hybridized carbons (Fsp3) is 0.444. The van der Waals surface area contributed by atoms with E-state index in [1.165, 1.54) is 0 Å². The Balaban J connectivity index is 0.00000392. The van der Waals surface area contributed by atoms with E-state index < -0.39 is 11.9 Å². The number of hydrogen-bond donors (Lipinski definition) is 2. The molecule has 156 valence electrons. The van der Waals surface area contributed by atoms with Crippen molar-refractivity contribution in [2.45, 2.75) is 39.1 Å². The molecular weight excluding hydrogens is 504 g/mol. The van der Waals surface area contributed by atoms with E-state index in [1.54, 1.807) is 7.05 Å². The van der Waals surface area contributed by atoms with Crippen LogP contribution in [-0.2, 0) is 19.1 Å². The maximum absolute atomic E-state index is 12.6. The third-order valence-corrected chi connectivity index (χ3v) is 4.32. The van der Waals surface area contributed by atoms with Gasteiger partial charge in [-0.2, -0.15) is 13.2 Å². The molecule has 0 aliphatic rings. The first kappa shape index (κ1) is 24.5. The molecule has 0 spiro atoms. The van der Waals surface area contributed by atoms with E-state index in [2.05, 4.69) is 20.6 Å². The molecule has 1 aromatic carbocycles. The lowest BCUT2D eigenvalue weighted by atomic mass is 10.1. The zero-order valence-electron chi connectivity index (χ0n) is 15.8. The lowest BCUT2D eigenvalue weighted by Crippen LogP contribution is -2.37. The van der Waals surface area contributed by atoms with Gasteiger partial charge < -0.3 is 15.4 Å². The summed E-state index contributed by atoms with van der Waals surface area (Å²) in [7, 11) is 1.61. The van der Waals surface area contributed by atoms with Crippen LogP contribution in [0, 0.1) is 0 Å². The molecule has 5 nitrogen and oxygen atoms in total. The molecule has 0 radical (unpaired) electrons. The van der Waals surface area contributed by atoms with E-state index in [-0.39, 0.29) is 36.6 Å². The van der Waals surface area contributed by atoms with Crippen molar-refractivity contribution < 1.29 is 17.9 Å². The summed E-state index contributed by atoms with van der Waals surface area (Å²) in [6.07, 6.45) is -3.50. The second-order valence-corrected chi connectivity index (χ2v) is 6.98. The van der Waals surface area contributed by atoms with Gasteiger partial charge in [0.2, 0.25) is 0 Å². The quantitative estimate of drug-likeness (QED) is 0.316. The molecule has 0 aliphatic heterocycles. The third kappa shape index (κ3) is 8.21. The lowest BCUT2D eigenvalue weighted by Gasteiger charge is -2.12. The first-order valence-electron chi connectivity index (χ1n) is 8.49. The maximum atomic E-state index is 12.6. The van der Waals surface area contributed by atoms with Crippen LogP contribution >= 0.6 is 35.3 Å². The summed E-state index contributed by atoms with van der Waals surface area (Å²) in [5, 5.41) is 7.47. The van der Waals surface area contributed by atoms with Gasteiger partial charge in [-0.1, -0.05) is 12.1 Å². The number of alkyl halides is 3. The number of nitrogens with zero attached hydrogens (tertiary/aromatic N) is 2. The van der Waals surface area contributed by atoms with Crippen LogP contribution in [0.2, 0.25) is 0 Å². The van der Waals surface area contributed by atoms with Gasteiger partial charge in [-0.25, -0.2) is 4.98 Å². The van der Waals surface area contributed by atoms with Crippen molar-refractivity contribution >= 4 is 41.3 Å². The van der Waals surface area contributed by atoms with Gasteiger partial charge in [0.15, 0.2) is 11.7 Å². The number of aromatic nitrogens is 1. The van der Waals surface area contributed by atoms with Crippen LogP contribution in [-0.4, -0.2) is 30.6 Å². The number of halogens is 4. The predicted molar refractivity (Wildman–Crippen MR) is 117 cm³/mol. The summed E-state index contributed by atoms with van der Waals surface area (Å²) in [6.45, 7) is 4.77. The molecule has 2 rings (SSSR count). The monoisotopic (exact) mass is 528 g/mol. The minimum atomic E-state index is -4.41. The number of hydrogen-bond acceptors (Lipinski definition) is 4. The van der Waals surface area contributed by atoms with Crippen LogP contribution in [0.3, 0.4) is 0 Å². The Hall–Kier alpha value is -1.56. The van der Waals surface area contributed by atoms with Crippen molar-refractivity contribution in [1.29, 1.82) is 0 Å². The number of thiazole rings is 1. The second-order valence-electron chi connectivity index (χ2n) is 6.04. The Labute approximate surface area is 183 Å². The molecule has 2 N–H and O–H groups in total. The highest BCUT2D eigenvalue weighted by Gasteiger charge is 2.33. The Bertz CT molecular complexity index is 748. The summed E-state index contributed by atoms with van der Waals surface area (Å²) in [6, 6.07) is 7.87. The van der Waals surface area contributed by atoms with Crippen molar-refractivity contribution in [3.05, 3.63) is 45.9 Å². The highest BCUT2D eigenvalue weighted by molar-refractivity contribution is 14.0. The molecule has 2 aromatic rings. The number of ether oxygens (including phenoxy) is 1. The van der Waals surface area contributed by atoms with Crippen molar-refractivity contribution in [2.24, 2.45) is 4.99 Å². The predicted octanol–water partition coefficient (Wildman–Crippen LogP) is 4.47. The van der Waals surface area contributed by atoms with Crippen LogP contribution in [0.1, 0.15) is 30.1 Å². The minimum Gasteiger partial charge on any atom is -0.491 e. The van der Waals surface area contributed by atoms with Gasteiger partial charge in [0, 0.05) is 19.0 Å². The van der Waals surface area contributed by atoms with E-state index in [1.807, 2.05) is 38.1 Å². The number of rotatable bonds is 7. The smallest absolute Gasteiger partial charge is 0.434 e. The number of aliphatic imine (C=N–C) groups is 1. The van der Waals surface area contributed by atoms with Crippen molar-refractivity contribution in [2.75, 3.05) is 13.6 Å². The van der Waals surface area contributed by atoms with Gasteiger partial charge in [-0.3, -0.25) is 4.99 Å². The SMILES string of the molecule is CN=C(NCCc1ccc(OC(C)C)cc1)NCc1nc(C(F)(F)F)cs1.I. The van der Waals surface area contributed by atoms with Crippen LogP contribution in [0.25, 0.3) is 0 Å². The van der Waals surface area contributed by atoms with Crippen molar-refractivity contribution in [3.63, 3.8) is 0 Å². The summed E-state index contributed by atoms with van der Waals surface area (Å²) in [5.74, 6) is 1.35. The van der Waals surface area contributed by atoms with Crippen LogP contribution < -0.4 is 15.4 Å². The molecular formula is C18H24F3IN4OS. The molecule has 1 aromatic heterocycles. The molecule has 0 saturated carbocycles. The zero-order valence-corrected chi connectivity index (χ0v) is 19.0. The summed E-state index contributed by atoms with van der Waals surface area (Å²) < 4.78 is 43.3. The normalized spacial score (nSPS) is 11.9. The number of benzene rings is 1. The zero-order chi connectivity index (χ0) is 19.9. The van der Waals surface area contributed by atoms with E-state index >= 15 is 0 Å². The standard InChI is InChI=1S/C18H23F3N4OS.HI/c1-12(2)26-14-6-4-13(5-7-14)8-9-23-17(22-3)24-10-16-25-15(11-27-16)18(19,20)21;/h4-7,11-12H,8-10H2,1-3H3,(H2,22,23,24);1H. The molecule has 0 atom stereocenters. The van der Waals surface area contributed by atoms with Crippen LogP contribution in [0.5, 0.6) is 5.75 Å². The van der Waals surface area contributed by atoms with E-state index in [0.717, 1.165) is 34.5 Å². The highest BCUT2D eigenvalue weighted by atomic mass is 127. The molecule has 28 heavy (non-hydrogen) atoms. The van der Waals surface area contributed by atoms with E-state index in [9.17, 15) is 13.2 Å². The molecule has 10 heteroatoms. The average Bonchev–Trinajstić information content (AvgIpc) is 3.08. The molecule has 0 fully saturated rings. The van der Waals surface area contributed by atoms with Gasteiger partial charge in [0.25, 0.3) is 0 Å².